The summed E-state index contributed by atoms with van der Waals surface area (Å²) in [4.78, 5) is 0.596. The zero-order valence-corrected chi connectivity index (χ0v) is 20.7. The molecule has 2 aliphatic rings. The van der Waals surface area contributed by atoms with Gasteiger partial charge in [0, 0.05) is 13.1 Å². The molecule has 1 atom stereocenters. The molecule has 0 radical (unpaired) electrons. The van der Waals surface area contributed by atoms with Gasteiger partial charge in [-0.1, -0.05) is 0 Å². The molecule has 2 aromatic carbocycles. The summed E-state index contributed by atoms with van der Waals surface area (Å²) in [7, 11) is -3.82. The molecule has 180 valence electrons. The van der Waals surface area contributed by atoms with Crippen LogP contribution in [-0.2, 0) is 19.9 Å². The largest absolute Gasteiger partial charge is 0.497 e. The molecular weight excluding hydrogens is 462 g/mol. The van der Waals surface area contributed by atoms with Crippen LogP contribution in [-0.4, -0.2) is 54.2 Å². The monoisotopic (exact) mass is 493 g/mol. The molecule has 1 saturated heterocycles. The third-order valence-corrected chi connectivity index (χ3v) is 11.0. The average molecular weight is 494 g/mol. The van der Waals surface area contributed by atoms with Gasteiger partial charge in [-0.3, -0.25) is 0 Å². The van der Waals surface area contributed by atoms with Crippen LogP contribution < -0.4 is 9.47 Å². The Morgan fingerprint density at radius 3 is 1.85 bits per heavy atom. The van der Waals surface area contributed by atoms with E-state index in [1.807, 2.05) is 0 Å². The van der Waals surface area contributed by atoms with Crippen molar-refractivity contribution in [1.82, 2.24) is 4.31 Å². The first-order valence-electron chi connectivity index (χ1n) is 11.2. The molecule has 1 saturated carbocycles. The van der Waals surface area contributed by atoms with Gasteiger partial charge in [-0.2, -0.15) is 4.31 Å². The van der Waals surface area contributed by atoms with Gasteiger partial charge in [-0.15, -0.1) is 0 Å². The molecule has 0 bridgehead atoms. The maximum atomic E-state index is 13.0. The van der Waals surface area contributed by atoms with E-state index in [2.05, 4.69) is 0 Å². The second kappa shape index (κ2) is 9.27. The van der Waals surface area contributed by atoms with Crippen LogP contribution in [0.5, 0.6) is 11.5 Å². The highest BCUT2D eigenvalue weighted by atomic mass is 32.2. The SMILES string of the molecule is COc1ccc(S(=O)(=O)CC2CCC3(CCN(S(=O)(=O)c4ccc(OC)cc4)CC3)C2)cc1. The lowest BCUT2D eigenvalue weighted by molar-refractivity contribution is 0.156. The van der Waals surface area contributed by atoms with Crippen LogP contribution >= 0.6 is 0 Å². The first-order valence-corrected chi connectivity index (χ1v) is 14.3. The molecule has 2 aromatic rings. The Morgan fingerprint density at radius 1 is 0.818 bits per heavy atom. The molecule has 7 nitrogen and oxygen atoms in total. The second-order valence-corrected chi connectivity index (χ2v) is 13.1. The predicted octanol–water partition coefficient (Wildman–Crippen LogP) is 3.75. The Hall–Kier alpha value is -2.10. The van der Waals surface area contributed by atoms with E-state index in [4.69, 9.17) is 9.47 Å². The number of piperidine rings is 1. The van der Waals surface area contributed by atoms with Gasteiger partial charge in [0.25, 0.3) is 0 Å². The van der Waals surface area contributed by atoms with Crippen molar-refractivity contribution in [3.63, 3.8) is 0 Å². The van der Waals surface area contributed by atoms with Gasteiger partial charge < -0.3 is 9.47 Å². The zero-order valence-electron chi connectivity index (χ0n) is 19.1. The Balaban J connectivity index is 1.37. The van der Waals surface area contributed by atoms with Crippen molar-refractivity contribution in [2.45, 2.75) is 41.9 Å². The molecule has 0 N–H and O–H groups in total. The minimum absolute atomic E-state index is 0.0338. The molecule has 4 rings (SSSR count). The van der Waals surface area contributed by atoms with E-state index in [0.29, 0.717) is 29.5 Å². The molecule has 1 aliphatic carbocycles. The van der Waals surface area contributed by atoms with E-state index in [9.17, 15) is 16.8 Å². The van der Waals surface area contributed by atoms with Crippen molar-refractivity contribution < 1.29 is 26.3 Å². The van der Waals surface area contributed by atoms with Crippen LogP contribution in [0.2, 0.25) is 0 Å². The van der Waals surface area contributed by atoms with Gasteiger partial charge in [0.1, 0.15) is 11.5 Å². The number of methoxy groups -OCH3 is 2. The number of benzene rings is 2. The fourth-order valence-electron chi connectivity index (χ4n) is 5.21. The van der Waals surface area contributed by atoms with Crippen LogP contribution in [0.15, 0.2) is 58.3 Å². The number of hydrogen-bond donors (Lipinski definition) is 0. The normalized spacial score (nSPS) is 21.2. The molecular formula is C24H31NO6S2. The number of sulfone groups is 1. The van der Waals surface area contributed by atoms with Crippen LogP contribution in [0.1, 0.15) is 32.1 Å². The van der Waals surface area contributed by atoms with Gasteiger partial charge >= 0.3 is 0 Å². The highest BCUT2D eigenvalue weighted by Crippen LogP contribution is 2.50. The van der Waals surface area contributed by atoms with E-state index in [1.165, 1.54) is 0 Å². The van der Waals surface area contributed by atoms with Crippen molar-refractivity contribution in [2.75, 3.05) is 33.1 Å². The van der Waals surface area contributed by atoms with Crippen molar-refractivity contribution in [1.29, 1.82) is 0 Å². The smallest absolute Gasteiger partial charge is 0.243 e. The van der Waals surface area contributed by atoms with Gasteiger partial charge in [0.15, 0.2) is 9.84 Å². The second-order valence-electron chi connectivity index (χ2n) is 9.15. The Labute approximate surface area is 196 Å². The van der Waals surface area contributed by atoms with Crippen LogP contribution in [0, 0.1) is 11.3 Å². The molecule has 0 amide bonds. The maximum absolute atomic E-state index is 13.0. The molecule has 1 heterocycles. The summed E-state index contributed by atoms with van der Waals surface area (Å²) in [5, 5.41) is 0. The number of hydrogen-bond acceptors (Lipinski definition) is 6. The number of rotatable bonds is 7. The summed E-state index contributed by atoms with van der Waals surface area (Å²) in [6, 6.07) is 13.0. The zero-order chi connectivity index (χ0) is 23.7. The van der Waals surface area contributed by atoms with E-state index < -0.39 is 19.9 Å². The Morgan fingerprint density at radius 2 is 1.33 bits per heavy atom. The van der Waals surface area contributed by atoms with Crippen molar-refractivity contribution in [2.24, 2.45) is 11.3 Å². The van der Waals surface area contributed by atoms with Crippen LogP contribution in [0.3, 0.4) is 0 Å². The number of sulfonamides is 1. The third-order valence-electron chi connectivity index (χ3n) is 7.16. The molecule has 1 unspecified atom stereocenters. The van der Waals surface area contributed by atoms with Crippen molar-refractivity contribution in [3.05, 3.63) is 48.5 Å². The van der Waals surface area contributed by atoms with Gasteiger partial charge in [-0.05, 0) is 92.0 Å². The third kappa shape index (κ3) is 5.05. The van der Waals surface area contributed by atoms with E-state index in [0.717, 1.165) is 32.1 Å². The first-order chi connectivity index (χ1) is 15.7. The standard InChI is InChI=1S/C24H31NO6S2/c1-30-20-3-7-22(8-4-20)32(26,27)18-19-11-12-24(17-19)13-15-25(16-14-24)33(28,29)23-9-5-21(31-2)6-10-23/h3-10,19H,11-18H2,1-2H3. The number of ether oxygens (including phenoxy) is 2. The molecule has 1 spiro atoms. The lowest BCUT2D eigenvalue weighted by atomic mass is 9.77. The molecule has 1 aliphatic heterocycles. The lowest BCUT2D eigenvalue weighted by Crippen LogP contribution is -2.42. The van der Waals surface area contributed by atoms with Gasteiger partial charge in [0.05, 0.1) is 29.8 Å². The quantitative estimate of drug-likeness (QED) is 0.584. The predicted molar refractivity (Wildman–Crippen MR) is 126 cm³/mol. The van der Waals surface area contributed by atoms with E-state index in [-0.39, 0.29) is 22.0 Å². The fraction of sp³-hybridized carbons (Fsp3) is 0.500. The Kier molecular flexibility index (Phi) is 6.75. The molecule has 2 fully saturated rings. The summed E-state index contributed by atoms with van der Waals surface area (Å²) in [5.74, 6) is 1.48. The summed E-state index contributed by atoms with van der Waals surface area (Å²) in [6.45, 7) is 0.929. The van der Waals surface area contributed by atoms with Crippen LogP contribution in [0.25, 0.3) is 0 Å². The minimum Gasteiger partial charge on any atom is -0.497 e. The summed E-state index contributed by atoms with van der Waals surface area (Å²) >= 11 is 0. The van der Waals surface area contributed by atoms with Crippen molar-refractivity contribution in [3.8, 4) is 11.5 Å². The summed E-state index contributed by atoms with van der Waals surface area (Å²) in [6.07, 6.45) is 4.18. The molecule has 0 aromatic heterocycles. The summed E-state index contributed by atoms with van der Waals surface area (Å²) in [5.41, 5.74) is 0.0338. The minimum atomic E-state index is -3.55. The van der Waals surface area contributed by atoms with Gasteiger partial charge in [0.2, 0.25) is 10.0 Å². The highest BCUT2D eigenvalue weighted by Gasteiger charge is 2.44. The van der Waals surface area contributed by atoms with E-state index in [1.54, 1.807) is 67.1 Å². The van der Waals surface area contributed by atoms with Gasteiger partial charge in [-0.25, -0.2) is 16.8 Å². The maximum Gasteiger partial charge on any atom is 0.243 e. The Bertz CT molecular complexity index is 1170. The fourth-order valence-corrected chi connectivity index (χ4v) is 8.30. The van der Waals surface area contributed by atoms with Crippen LogP contribution in [0.4, 0.5) is 0 Å². The molecule has 9 heteroatoms. The van der Waals surface area contributed by atoms with Crippen molar-refractivity contribution >= 4 is 19.9 Å². The topological polar surface area (TPSA) is 90.0 Å². The average Bonchev–Trinajstić information content (AvgIpc) is 3.20. The summed E-state index contributed by atoms with van der Waals surface area (Å²) < 4.78 is 63.7. The first kappa shape index (κ1) is 24.0. The number of nitrogens with zero attached hydrogens (tertiary/aromatic N) is 1. The lowest BCUT2D eigenvalue weighted by Gasteiger charge is -2.39. The van der Waals surface area contributed by atoms with E-state index >= 15 is 0 Å². The molecule has 33 heavy (non-hydrogen) atoms. The highest BCUT2D eigenvalue weighted by molar-refractivity contribution is 7.91.